The number of rotatable bonds is 6. The van der Waals surface area contributed by atoms with Gasteiger partial charge in [0.2, 0.25) is 0 Å². The van der Waals surface area contributed by atoms with Gasteiger partial charge in [0, 0.05) is 11.6 Å². The molecule has 3 aromatic carbocycles. The van der Waals surface area contributed by atoms with E-state index in [4.69, 9.17) is 0 Å². The smallest absolute Gasteiger partial charge is 0.262 e. The largest absolute Gasteiger partial charge is 0.289 e. The summed E-state index contributed by atoms with van der Waals surface area (Å²) in [6.45, 7) is 0. The summed E-state index contributed by atoms with van der Waals surface area (Å²) in [6.07, 6.45) is 0. The van der Waals surface area contributed by atoms with Crippen LogP contribution in [0.5, 0.6) is 0 Å². The van der Waals surface area contributed by atoms with Crippen LogP contribution in [0, 0.1) is 10.1 Å². The average molecular weight is 445 g/mol. The van der Waals surface area contributed by atoms with Crippen LogP contribution >= 0.6 is 0 Å². The molecule has 0 saturated heterocycles. The summed E-state index contributed by atoms with van der Waals surface area (Å²) >= 11 is 0. The van der Waals surface area contributed by atoms with Gasteiger partial charge in [0.15, 0.2) is 10.7 Å². The Labute approximate surface area is 173 Å². The maximum absolute atomic E-state index is 12.9. The molecule has 30 heavy (non-hydrogen) atoms. The lowest BCUT2D eigenvalue weighted by Crippen LogP contribution is -2.32. The number of para-hydroxylation sites is 1. The molecule has 0 aliphatic carbocycles. The van der Waals surface area contributed by atoms with Gasteiger partial charge < -0.3 is 0 Å². The summed E-state index contributed by atoms with van der Waals surface area (Å²) in [4.78, 5) is 9.64. The summed E-state index contributed by atoms with van der Waals surface area (Å²) in [7, 11) is -8.79. The molecule has 154 valence electrons. The molecule has 0 spiro atoms. The number of nitro groups is 1. The van der Waals surface area contributed by atoms with Gasteiger partial charge in [-0.05, 0) is 18.2 Å². The van der Waals surface area contributed by atoms with Crippen molar-refractivity contribution in [1.82, 2.24) is 4.72 Å². The Morgan fingerprint density at radius 1 is 0.800 bits per heavy atom. The van der Waals surface area contributed by atoms with Gasteiger partial charge in [-0.25, -0.2) is 8.42 Å². The van der Waals surface area contributed by atoms with Gasteiger partial charge in [-0.1, -0.05) is 60.7 Å². The minimum absolute atomic E-state index is 0.136. The fourth-order valence-electron chi connectivity index (χ4n) is 2.51. The Balaban J connectivity index is 2.13. The van der Waals surface area contributed by atoms with Crippen LogP contribution in [0.15, 0.2) is 99.1 Å². The number of nitro benzene ring substituents is 1. The van der Waals surface area contributed by atoms with Crippen molar-refractivity contribution in [2.24, 2.45) is 4.40 Å². The Hall–Kier alpha value is -3.57. The van der Waals surface area contributed by atoms with Crippen molar-refractivity contribution >= 4 is 31.6 Å². The monoisotopic (exact) mass is 445 g/mol. The fraction of sp³-hybridized carbons (Fsp3) is 0. The Morgan fingerprint density at radius 3 is 1.93 bits per heavy atom. The molecule has 0 saturated carbocycles. The molecule has 0 unspecified atom stereocenters. The zero-order chi connectivity index (χ0) is 21.8. The van der Waals surface area contributed by atoms with Crippen LogP contribution in [0.3, 0.4) is 0 Å². The number of sulfonamides is 2. The fourth-order valence-corrected chi connectivity index (χ4v) is 4.77. The van der Waals surface area contributed by atoms with E-state index in [1.54, 1.807) is 24.3 Å². The van der Waals surface area contributed by atoms with Crippen molar-refractivity contribution in [2.75, 3.05) is 0 Å². The third-order valence-corrected chi connectivity index (χ3v) is 6.56. The SMILES string of the molecule is O=[N+]([O-])c1ccccc1S(=O)(=O)N/C(=N\S(=O)(=O)c1ccccc1)c1ccccc1. The van der Waals surface area contributed by atoms with Crippen molar-refractivity contribution in [3.05, 3.63) is 101 Å². The molecule has 0 aliphatic heterocycles. The molecule has 11 heteroatoms. The van der Waals surface area contributed by atoms with E-state index in [0.29, 0.717) is 0 Å². The van der Waals surface area contributed by atoms with Crippen LogP contribution in [0.2, 0.25) is 0 Å². The van der Waals surface area contributed by atoms with E-state index >= 15 is 0 Å². The predicted molar refractivity (Wildman–Crippen MR) is 110 cm³/mol. The van der Waals surface area contributed by atoms with Crippen LogP contribution in [0.25, 0.3) is 0 Å². The molecule has 0 aliphatic rings. The predicted octanol–water partition coefficient (Wildman–Crippen LogP) is 2.71. The zero-order valence-corrected chi connectivity index (χ0v) is 16.9. The normalized spacial score (nSPS) is 12.3. The van der Waals surface area contributed by atoms with E-state index in [-0.39, 0.29) is 10.5 Å². The van der Waals surface area contributed by atoms with Crippen molar-refractivity contribution < 1.29 is 21.8 Å². The van der Waals surface area contributed by atoms with Gasteiger partial charge >= 0.3 is 0 Å². The second-order valence-corrected chi connectivity index (χ2v) is 9.18. The van der Waals surface area contributed by atoms with Crippen LogP contribution in [0.1, 0.15) is 5.56 Å². The Kier molecular flexibility index (Phi) is 5.94. The van der Waals surface area contributed by atoms with Crippen molar-refractivity contribution in [3.63, 3.8) is 0 Å². The summed E-state index contributed by atoms with van der Waals surface area (Å²) in [5, 5.41) is 11.2. The number of amidine groups is 1. The standard InChI is InChI=1S/C19H15N3O6S2/c23-22(24)17-13-7-8-14-18(17)30(27,28)21-19(15-9-3-1-4-10-15)20-29(25,26)16-11-5-2-6-12-16/h1-14H,(H,20,21). The van der Waals surface area contributed by atoms with Gasteiger partial charge in [-0.2, -0.15) is 8.42 Å². The maximum Gasteiger partial charge on any atom is 0.289 e. The third kappa shape index (κ3) is 4.70. The van der Waals surface area contributed by atoms with Crippen LogP contribution in [-0.2, 0) is 20.0 Å². The maximum atomic E-state index is 12.9. The first kappa shape index (κ1) is 21.1. The topological polar surface area (TPSA) is 136 Å². The number of nitrogens with zero attached hydrogens (tertiary/aromatic N) is 2. The van der Waals surface area contributed by atoms with E-state index in [1.807, 2.05) is 0 Å². The van der Waals surface area contributed by atoms with E-state index in [1.165, 1.54) is 48.5 Å². The van der Waals surface area contributed by atoms with Gasteiger partial charge in [0.05, 0.1) is 9.82 Å². The van der Waals surface area contributed by atoms with Gasteiger partial charge in [0.25, 0.3) is 25.7 Å². The molecule has 0 amide bonds. The number of hydrogen-bond donors (Lipinski definition) is 1. The zero-order valence-electron chi connectivity index (χ0n) is 15.2. The minimum atomic E-state index is -4.52. The number of nitrogens with one attached hydrogen (secondary N) is 1. The van der Waals surface area contributed by atoms with Gasteiger partial charge in [0.1, 0.15) is 0 Å². The van der Waals surface area contributed by atoms with Gasteiger partial charge in [-0.15, -0.1) is 4.40 Å². The van der Waals surface area contributed by atoms with Crippen LogP contribution in [0.4, 0.5) is 5.69 Å². The first-order chi connectivity index (χ1) is 14.2. The molecular weight excluding hydrogens is 430 g/mol. The summed E-state index contributed by atoms with van der Waals surface area (Å²) in [6, 6.07) is 19.7. The van der Waals surface area contributed by atoms with Crippen LogP contribution in [-0.4, -0.2) is 27.6 Å². The lowest BCUT2D eigenvalue weighted by Gasteiger charge is -2.11. The molecule has 0 bridgehead atoms. The van der Waals surface area contributed by atoms with Crippen molar-refractivity contribution in [1.29, 1.82) is 0 Å². The molecule has 0 heterocycles. The lowest BCUT2D eigenvalue weighted by atomic mass is 10.2. The van der Waals surface area contributed by atoms with Crippen molar-refractivity contribution in [2.45, 2.75) is 9.79 Å². The Bertz CT molecular complexity index is 1310. The van der Waals surface area contributed by atoms with Crippen molar-refractivity contribution in [3.8, 4) is 0 Å². The quantitative estimate of drug-likeness (QED) is 0.268. The third-order valence-electron chi connectivity index (χ3n) is 3.88. The highest BCUT2D eigenvalue weighted by Crippen LogP contribution is 2.23. The minimum Gasteiger partial charge on any atom is -0.262 e. The first-order valence-corrected chi connectivity index (χ1v) is 11.3. The van der Waals surface area contributed by atoms with E-state index in [0.717, 1.165) is 12.1 Å². The second kappa shape index (κ2) is 8.43. The average Bonchev–Trinajstić information content (AvgIpc) is 2.74. The molecule has 3 rings (SSSR count). The molecule has 0 fully saturated rings. The lowest BCUT2D eigenvalue weighted by molar-refractivity contribution is -0.387. The molecule has 3 aromatic rings. The molecule has 1 N–H and O–H groups in total. The summed E-state index contributed by atoms with van der Waals surface area (Å²) < 4.78 is 56.9. The molecule has 0 atom stereocenters. The number of benzene rings is 3. The highest BCUT2D eigenvalue weighted by Gasteiger charge is 2.27. The van der Waals surface area contributed by atoms with E-state index in [9.17, 15) is 26.9 Å². The Morgan fingerprint density at radius 2 is 1.33 bits per heavy atom. The first-order valence-electron chi connectivity index (χ1n) is 8.42. The van der Waals surface area contributed by atoms with Gasteiger partial charge in [-0.3, -0.25) is 14.8 Å². The second-order valence-electron chi connectivity index (χ2n) is 5.92. The number of hydrogen-bond acceptors (Lipinski definition) is 6. The highest BCUT2D eigenvalue weighted by atomic mass is 32.2. The summed E-state index contributed by atoms with van der Waals surface area (Å²) in [5.74, 6) is -0.488. The highest BCUT2D eigenvalue weighted by molar-refractivity contribution is 7.91. The molecule has 0 radical (unpaired) electrons. The van der Waals surface area contributed by atoms with E-state index in [2.05, 4.69) is 9.12 Å². The molecular formula is C19H15N3O6S2. The summed E-state index contributed by atoms with van der Waals surface area (Å²) in [5.41, 5.74) is -0.484. The van der Waals surface area contributed by atoms with E-state index < -0.39 is 41.4 Å². The molecule has 9 nitrogen and oxygen atoms in total. The molecule has 0 aromatic heterocycles. The van der Waals surface area contributed by atoms with Crippen LogP contribution < -0.4 is 4.72 Å².